The van der Waals surface area contributed by atoms with Crippen LogP contribution in [0.1, 0.15) is 5.56 Å². The van der Waals surface area contributed by atoms with Crippen LogP contribution >= 0.6 is 11.6 Å². The molecule has 2 aromatic rings. The van der Waals surface area contributed by atoms with Crippen LogP contribution in [0.4, 0.5) is 11.4 Å². The van der Waals surface area contributed by atoms with Crippen LogP contribution in [-0.2, 0) is 6.54 Å². The van der Waals surface area contributed by atoms with Gasteiger partial charge in [-0.3, -0.25) is 10.1 Å². The summed E-state index contributed by atoms with van der Waals surface area (Å²) in [6.07, 6.45) is 0. The topological polar surface area (TPSA) is 94.9 Å². The van der Waals surface area contributed by atoms with Crippen LogP contribution in [0.15, 0.2) is 30.3 Å². The minimum absolute atomic E-state index is 0.0378. The average Bonchev–Trinajstić information content (AvgIpc) is 2.67. The number of hydrogen-bond acceptors (Lipinski definition) is 7. The Hall–Kier alpha value is -2.71. The van der Waals surface area contributed by atoms with Crippen LogP contribution in [0.2, 0.25) is 5.02 Å². The maximum absolute atomic E-state index is 10.7. The van der Waals surface area contributed by atoms with Gasteiger partial charge in [-0.25, -0.2) is 0 Å². The summed E-state index contributed by atoms with van der Waals surface area (Å²) in [6, 6.07) is 7.98. The molecule has 0 radical (unpaired) electrons. The first-order valence-corrected chi connectivity index (χ1v) is 8.55. The van der Waals surface area contributed by atoms with E-state index in [9.17, 15) is 10.1 Å². The Morgan fingerprint density at radius 2 is 1.67 bits per heavy atom. The van der Waals surface area contributed by atoms with Crippen molar-refractivity contribution in [3.63, 3.8) is 0 Å². The largest absolute Gasteiger partial charge is 0.496 e. The minimum Gasteiger partial charge on any atom is -0.496 e. The molecule has 0 bridgehead atoms. The molecular formula is C18H22ClN3O5. The van der Waals surface area contributed by atoms with E-state index >= 15 is 0 Å². The molecule has 0 aliphatic heterocycles. The summed E-state index contributed by atoms with van der Waals surface area (Å²) in [5, 5.41) is 17.5. The predicted octanol–water partition coefficient (Wildman–Crippen LogP) is 3.48. The Bertz CT molecular complexity index is 801. The first-order valence-electron chi connectivity index (χ1n) is 8.17. The van der Waals surface area contributed by atoms with Gasteiger partial charge in [-0.05, 0) is 12.1 Å². The summed E-state index contributed by atoms with van der Waals surface area (Å²) >= 11 is 6.05. The van der Waals surface area contributed by atoms with Gasteiger partial charge in [-0.1, -0.05) is 11.6 Å². The molecule has 0 amide bonds. The second kappa shape index (κ2) is 9.84. The summed E-state index contributed by atoms with van der Waals surface area (Å²) in [5.74, 6) is 1.94. The van der Waals surface area contributed by atoms with Gasteiger partial charge < -0.3 is 24.8 Å². The number of ether oxygens (including phenoxy) is 3. The lowest BCUT2D eigenvalue weighted by atomic mass is 10.1. The van der Waals surface area contributed by atoms with Crippen LogP contribution in [0, 0.1) is 10.1 Å². The van der Waals surface area contributed by atoms with Crippen LogP contribution in [0.25, 0.3) is 0 Å². The SMILES string of the molecule is COc1cc(OC)c(OC)cc1CNCCNc1ccc([N+](=O)[O-])cc1Cl. The lowest BCUT2D eigenvalue weighted by Gasteiger charge is -2.15. The van der Waals surface area contributed by atoms with E-state index in [1.807, 2.05) is 6.07 Å². The summed E-state index contributed by atoms with van der Waals surface area (Å²) in [5.41, 5.74) is 1.54. The number of hydrogen-bond donors (Lipinski definition) is 2. The van der Waals surface area contributed by atoms with Gasteiger partial charge in [0.2, 0.25) is 0 Å². The highest BCUT2D eigenvalue weighted by atomic mass is 35.5. The number of non-ortho nitro benzene ring substituents is 1. The van der Waals surface area contributed by atoms with E-state index < -0.39 is 4.92 Å². The standard InChI is InChI=1S/C18H22ClN3O5/c1-25-16-10-18(27-3)17(26-2)8-12(16)11-20-6-7-21-15-5-4-13(22(23)24)9-14(15)19/h4-5,8-10,20-21H,6-7,11H2,1-3H3. The number of nitro groups is 1. The maximum atomic E-state index is 10.7. The molecule has 0 aliphatic carbocycles. The van der Waals surface area contributed by atoms with E-state index in [2.05, 4.69) is 10.6 Å². The third-order valence-electron chi connectivity index (χ3n) is 3.88. The molecule has 0 saturated heterocycles. The molecule has 0 spiro atoms. The van der Waals surface area contributed by atoms with Gasteiger partial charge in [0.05, 0.1) is 37.0 Å². The number of nitro benzene ring substituents is 1. The molecule has 0 heterocycles. The fourth-order valence-corrected chi connectivity index (χ4v) is 2.74. The molecule has 0 saturated carbocycles. The number of rotatable bonds is 10. The lowest BCUT2D eigenvalue weighted by molar-refractivity contribution is -0.384. The monoisotopic (exact) mass is 395 g/mol. The van der Waals surface area contributed by atoms with Gasteiger partial charge in [0, 0.05) is 43.4 Å². The van der Waals surface area contributed by atoms with Gasteiger partial charge in [-0.15, -0.1) is 0 Å². The van der Waals surface area contributed by atoms with Crippen molar-refractivity contribution < 1.29 is 19.1 Å². The van der Waals surface area contributed by atoms with E-state index in [0.29, 0.717) is 47.6 Å². The van der Waals surface area contributed by atoms with Gasteiger partial charge in [-0.2, -0.15) is 0 Å². The fraction of sp³-hybridized carbons (Fsp3) is 0.333. The maximum Gasteiger partial charge on any atom is 0.271 e. The van der Waals surface area contributed by atoms with E-state index in [1.54, 1.807) is 33.5 Å². The van der Waals surface area contributed by atoms with Crippen LogP contribution in [0.5, 0.6) is 17.2 Å². The quantitative estimate of drug-likeness (QED) is 0.361. The molecule has 27 heavy (non-hydrogen) atoms. The molecule has 8 nitrogen and oxygen atoms in total. The summed E-state index contributed by atoms with van der Waals surface area (Å²) in [4.78, 5) is 10.2. The van der Waals surface area contributed by atoms with Crippen LogP contribution < -0.4 is 24.8 Å². The molecule has 2 rings (SSSR count). The zero-order valence-corrected chi connectivity index (χ0v) is 16.1. The molecular weight excluding hydrogens is 374 g/mol. The third kappa shape index (κ3) is 5.38. The normalized spacial score (nSPS) is 10.4. The van der Waals surface area contributed by atoms with Crippen LogP contribution in [0.3, 0.4) is 0 Å². The number of benzene rings is 2. The molecule has 0 aromatic heterocycles. The first kappa shape index (κ1) is 20.6. The zero-order chi connectivity index (χ0) is 19.8. The Kier molecular flexibility index (Phi) is 7.51. The number of methoxy groups -OCH3 is 3. The molecule has 0 aliphatic rings. The number of halogens is 1. The Balaban J connectivity index is 1.89. The van der Waals surface area contributed by atoms with Gasteiger partial charge in [0.15, 0.2) is 11.5 Å². The third-order valence-corrected chi connectivity index (χ3v) is 4.20. The Morgan fingerprint density at radius 1 is 1.00 bits per heavy atom. The van der Waals surface area contributed by atoms with Gasteiger partial charge in [0.1, 0.15) is 5.75 Å². The van der Waals surface area contributed by atoms with Gasteiger partial charge in [0.25, 0.3) is 5.69 Å². The highest BCUT2D eigenvalue weighted by Crippen LogP contribution is 2.34. The van der Waals surface area contributed by atoms with Gasteiger partial charge >= 0.3 is 0 Å². The van der Waals surface area contributed by atoms with E-state index in [1.165, 1.54) is 12.1 Å². The molecule has 2 aromatic carbocycles. The van der Waals surface area contributed by atoms with Crippen molar-refractivity contribution in [3.8, 4) is 17.2 Å². The predicted molar refractivity (Wildman–Crippen MR) is 104 cm³/mol. The van der Waals surface area contributed by atoms with Crippen molar-refractivity contribution in [1.82, 2.24) is 5.32 Å². The fourth-order valence-electron chi connectivity index (χ4n) is 2.50. The second-order valence-corrected chi connectivity index (χ2v) is 5.95. The first-order chi connectivity index (χ1) is 13.0. The molecule has 0 fully saturated rings. The zero-order valence-electron chi connectivity index (χ0n) is 15.4. The minimum atomic E-state index is -0.478. The Labute approximate surface area is 162 Å². The van der Waals surface area contributed by atoms with Crippen LogP contribution in [-0.4, -0.2) is 39.3 Å². The molecule has 146 valence electrons. The number of anilines is 1. The lowest BCUT2D eigenvalue weighted by Crippen LogP contribution is -2.22. The average molecular weight is 396 g/mol. The Morgan fingerprint density at radius 3 is 2.26 bits per heavy atom. The summed E-state index contributed by atoms with van der Waals surface area (Å²) in [7, 11) is 4.76. The molecule has 0 unspecified atom stereocenters. The van der Waals surface area contributed by atoms with Crippen molar-refractivity contribution in [1.29, 1.82) is 0 Å². The van der Waals surface area contributed by atoms with Crippen molar-refractivity contribution in [2.24, 2.45) is 0 Å². The summed E-state index contributed by atoms with van der Waals surface area (Å²) in [6.45, 7) is 1.80. The van der Waals surface area contributed by atoms with Crippen molar-refractivity contribution in [2.75, 3.05) is 39.7 Å². The smallest absolute Gasteiger partial charge is 0.271 e. The van der Waals surface area contributed by atoms with E-state index in [4.69, 9.17) is 25.8 Å². The van der Waals surface area contributed by atoms with Crippen molar-refractivity contribution in [2.45, 2.75) is 6.54 Å². The molecule has 2 N–H and O–H groups in total. The molecule has 0 atom stereocenters. The summed E-state index contributed by atoms with van der Waals surface area (Å²) < 4.78 is 16.0. The highest BCUT2D eigenvalue weighted by Gasteiger charge is 2.12. The van der Waals surface area contributed by atoms with Crippen molar-refractivity contribution in [3.05, 3.63) is 51.0 Å². The van der Waals surface area contributed by atoms with Crippen molar-refractivity contribution >= 4 is 23.0 Å². The van der Waals surface area contributed by atoms with E-state index in [0.717, 1.165) is 5.56 Å². The molecule has 9 heteroatoms. The van der Waals surface area contributed by atoms with E-state index in [-0.39, 0.29) is 5.69 Å². The number of nitrogens with one attached hydrogen (secondary N) is 2. The number of nitrogens with zero attached hydrogens (tertiary/aromatic N) is 1. The second-order valence-electron chi connectivity index (χ2n) is 5.54. The highest BCUT2D eigenvalue weighted by molar-refractivity contribution is 6.33.